The summed E-state index contributed by atoms with van der Waals surface area (Å²) in [4.78, 5) is 15.4. The van der Waals surface area contributed by atoms with Gasteiger partial charge >= 0.3 is 0 Å². The zero-order chi connectivity index (χ0) is 10.6. The second kappa shape index (κ2) is 5.07. The van der Waals surface area contributed by atoms with Crippen molar-refractivity contribution in [3.05, 3.63) is 28.5 Å². The summed E-state index contributed by atoms with van der Waals surface area (Å²) in [6.45, 7) is 2.26. The Labute approximate surface area is 91.0 Å². The van der Waals surface area contributed by atoms with Crippen molar-refractivity contribution in [3.63, 3.8) is 0 Å². The fourth-order valence-electron chi connectivity index (χ4n) is 0.867. The monoisotopic (exact) mass is 257 g/mol. The molecule has 0 aliphatic rings. The molecule has 1 aromatic heterocycles. The molecule has 0 bridgehead atoms. The first-order chi connectivity index (χ1) is 6.63. The van der Waals surface area contributed by atoms with Gasteiger partial charge in [-0.15, -0.1) is 0 Å². The van der Waals surface area contributed by atoms with Gasteiger partial charge in [0.1, 0.15) is 5.69 Å². The van der Waals surface area contributed by atoms with Crippen molar-refractivity contribution < 1.29 is 4.79 Å². The summed E-state index contributed by atoms with van der Waals surface area (Å²) in [6.07, 6.45) is 1.59. The maximum Gasteiger partial charge on any atom is 0.270 e. The summed E-state index contributed by atoms with van der Waals surface area (Å²) < 4.78 is 0.848. The highest BCUT2D eigenvalue weighted by atomic mass is 79.9. The molecule has 4 nitrogen and oxygen atoms in total. The second-order valence-corrected chi connectivity index (χ2v) is 3.89. The largest absolute Gasteiger partial charge is 0.347 e. The van der Waals surface area contributed by atoms with Crippen LogP contribution in [0.1, 0.15) is 17.4 Å². The van der Waals surface area contributed by atoms with Gasteiger partial charge in [-0.2, -0.15) is 0 Å². The summed E-state index contributed by atoms with van der Waals surface area (Å²) in [7, 11) is 0. The van der Waals surface area contributed by atoms with E-state index in [0.717, 1.165) is 4.47 Å². The van der Waals surface area contributed by atoms with Gasteiger partial charge in [-0.3, -0.25) is 4.79 Å². The third-order valence-corrected chi connectivity index (χ3v) is 2.16. The zero-order valence-corrected chi connectivity index (χ0v) is 9.41. The Balaban J connectivity index is 2.65. The standard InChI is InChI=1S/C9H12BrN3O/c1-6(4-11)13-9(14)8-3-2-7(10)5-12-8/h2-3,5-6H,4,11H2,1H3,(H,13,14)/t6-/m0/s1. The number of hydrogen-bond acceptors (Lipinski definition) is 3. The number of carbonyl (C=O) groups is 1. The Morgan fingerprint density at radius 3 is 2.93 bits per heavy atom. The van der Waals surface area contributed by atoms with Crippen LogP contribution in [0.2, 0.25) is 0 Å². The van der Waals surface area contributed by atoms with Crippen molar-refractivity contribution in [2.75, 3.05) is 6.54 Å². The summed E-state index contributed by atoms with van der Waals surface area (Å²) in [5.41, 5.74) is 5.78. The van der Waals surface area contributed by atoms with E-state index in [9.17, 15) is 4.79 Å². The zero-order valence-electron chi connectivity index (χ0n) is 7.83. The highest BCUT2D eigenvalue weighted by molar-refractivity contribution is 9.10. The molecule has 3 N–H and O–H groups in total. The van der Waals surface area contributed by atoms with Crippen molar-refractivity contribution in [2.24, 2.45) is 5.73 Å². The van der Waals surface area contributed by atoms with Gasteiger partial charge in [0, 0.05) is 23.3 Å². The third kappa shape index (κ3) is 3.08. The van der Waals surface area contributed by atoms with E-state index in [4.69, 9.17) is 5.73 Å². The molecule has 0 unspecified atom stereocenters. The number of nitrogens with one attached hydrogen (secondary N) is 1. The number of nitrogens with two attached hydrogens (primary N) is 1. The molecular weight excluding hydrogens is 246 g/mol. The van der Waals surface area contributed by atoms with Crippen LogP contribution in [0, 0.1) is 0 Å². The number of halogens is 1. The topological polar surface area (TPSA) is 68.0 Å². The Morgan fingerprint density at radius 2 is 2.43 bits per heavy atom. The van der Waals surface area contributed by atoms with Crippen LogP contribution in [0.25, 0.3) is 0 Å². The lowest BCUT2D eigenvalue weighted by molar-refractivity contribution is 0.0936. The minimum absolute atomic E-state index is 0.0343. The van der Waals surface area contributed by atoms with Crippen LogP contribution in [0.15, 0.2) is 22.8 Å². The highest BCUT2D eigenvalue weighted by Gasteiger charge is 2.08. The van der Waals surface area contributed by atoms with E-state index in [-0.39, 0.29) is 11.9 Å². The number of hydrogen-bond donors (Lipinski definition) is 2. The fraction of sp³-hybridized carbons (Fsp3) is 0.333. The van der Waals surface area contributed by atoms with Crippen LogP contribution in [0.3, 0.4) is 0 Å². The van der Waals surface area contributed by atoms with Crippen LogP contribution in [-0.2, 0) is 0 Å². The van der Waals surface area contributed by atoms with Crippen molar-refractivity contribution in [3.8, 4) is 0 Å². The summed E-state index contributed by atoms with van der Waals surface area (Å²) >= 11 is 3.24. The quantitative estimate of drug-likeness (QED) is 0.847. The molecular formula is C9H12BrN3O. The average molecular weight is 258 g/mol. The van der Waals surface area contributed by atoms with Crippen LogP contribution in [0.5, 0.6) is 0 Å². The molecule has 0 aromatic carbocycles. The number of rotatable bonds is 3. The molecule has 76 valence electrons. The first-order valence-electron chi connectivity index (χ1n) is 4.26. The lowest BCUT2D eigenvalue weighted by atomic mass is 10.3. The molecule has 1 heterocycles. The van der Waals surface area contributed by atoms with Gasteiger partial charge in [-0.25, -0.2) is 4.98 Å². The molecule has 0 saturated carbocycles. The predicted octanol–water partition coefficient (Wildman–Crippen LogP) is 0.921. The SMILES string of the molecule is C[C@@H](CN)NC(=O)c1ccc(Br)cn1. The summed E-state index contributed by atoms with van der Waals surface area (Å²) in [6, 6.07) is 3.39. The molecule has 1 aromatic rings. The maximum absolute atomic E-state index is 11.5. The van der Waals surface area contributed by atoms with Gasteiger partial charge in [0.15, 0.2) is 0 Å². The molecule has 1 rings (SSSR count). The number of pyridine rings is 1. The van der Waals surface area contributed by atoms with Crippen LogP contribution in [0.4, 0.5) is 0 Å². The Morgan fingerprint density at radius 1 is 1.71 bits per heavy atom. The van der Waals surface area contributed by atoms with E-state index in [1.54, 1.807) is 18.3 Å². The molecule has 0 fully saturated rings. The van der Waals surface area contributed by atoms with Crippen LogP contribution < -0.4 is 11.1 Å². The van der Waals surface area contributed by atoms with Crippen LogP contribution in [-0.4, -0.2) is 23.5 Å². The van der Waals surface area contributed by atoms with Crippen molar-refractivity contribution in [2.45, 2.75) is 13.0 Å². The Hall–Kier alpha value is -0.940. The average Bonchev–Trinajstić information content (AvgIpc) is 2.18. The predicted molar refractivity (Wildman–Crippen MR) is 57.9 cm³/mol. The number of nitrogens with zero attached hydrogens (tertiary/aromatic N) is 1. The summed E-state index contributed by atoms with van der Waals surface area (Å²) in [5.74, 6) is -0.199. The molecule has 0 aliphatic carbocycles. The number of amides is 1. The van der Waals surface area contributed by atoms with E-state index in [0.29, 0.717) is 12.2 Å². The van der Waals surface area contributed by atoms with E-state index < -0.39 is 0 Å². The van der Waals surface area contributed by atoms with E-state index in [1.807, 2.05) is 6.92 Å². The molecule has 0 spiro atoms. The molecule has 0 saturated heterocycles. The third-order valence-electron chi connectivity index (χ3n) is 1.69. The molecule has 1 atom stereocenters. The van der Waals surface area contributed by atoms with Gasteiger partial charge < -0.3 is 11.1 Å². The lowest BCUT2D eigenvalue weighted by Crippen LogP contribution is -2.38. The minimum atomic E-state index is -0.199. The molecule has 5 heteroatoms. The van der Waals surface area contributed by atoms with Gasteiger partial charge in [-0.05, 0) is 35.0 Å². The van der Waals surface area contributed by atoms with Gasteiger partial charge in [-0.1, -0.05) is 0 Å². The van der Waals surface area contributed by atoms with Gasteiger partial charge in [0.2, 0.25) is 0 Å². The van der Waals surface area contributed by atoms with Crippen LogP contribution >= 0.6 is 15.9 Å². The maximum atomic E-state index is 11.5. The van der Waals surface area contributed by atoms with E-state index >= 15 is 0 Å². The van der Waals surface area contributed by atoms with E-state index in [1.165, 1.54) is 0 Å². The first kappa shape index (κ1) is 11.1. The van der Waals surface area contributed by atoms with Gasteiger partial charge in [0.25, 0.3) is 5.91 Å². The van der Waals surface area contributed by atoms with Crippen molar-refractivity contribution in [1.82, 2.24) is 10.3 Å². The van der Waals surface area contributed by atoms with E-state index in [2.05, 4.69) is 26.2 Å². The summed E-state index contributed by atoms with van der Waals surface area (Å²) in [5, 5.41) is 2.72. The molecule has 0 radical (unpaired) electrons. The second-order valence-electron chi connectivity index (χ2n) is 2.97. The molecule has 1 amide bonds. The number of aromatic nitrogens is 1. The molecule has 0 aliphatic heterocycles. The van der Waals surface area contributed by atoms with Crippen molar-refractivity contribution >= 4 is 21.8 Å². The normalized spacial score (nSPS) is 12.2. The minimum Gasteiger partial charge on any atom is -0.347 e. The smallest absolute Gasteiger partial charge is 0.270 e. The van der Waals surface area contributed by atoms with Gasteiger partial charge in [0.05, 0.1) is 0 Å². The Bertz CT molecular complexity index is 312. The van der Waals surface area contributed by atoms with Crippen molar-refractivity contribution in [1.29, 1.82) is 0 Å². The lowest BCUT2D eigenvalue weighted by Gasteiger charge is -2.10. The Kier molecular flexibility index (Phi) is 4.03. The number of carbonyl (C=O) groups excluding carboxylic acids is 1. The first-order valence-corrected chi connectivity index (χ1v) is 5.05. The molecule has 14 heavy (non-hydrogen) atoms. The fourth-order valence-corrected chi connectivity index (χ4v) is 1.10. The highest BCUT2D eigenvalue weighted by Crippen LogP contribution is 2.07.